The molecule has 2 aromatic rings. The molecule has 0 unspecified atom stereocenters. The quantitative estimate of drug-likeness (QED) is 0.781. The first-order valence-corrected chi connectivity index (χ1v) is 6.05. The highest BCUT2D eigenvalue weighted by Gasteiger charge is 2.12. The summed E-state index contributed by atoms with van der Waals surface area (Å²) in [4.78, 5) is 16.1. The molecule has 1 aromatic carbocycles. The lowest BCUT2D eigenvalue weighted by molar-refractivity contribution is 0.111. The first-order valence-electron chi connectivity index (χ1n) is 5.23. The number of aromatic nitrogens is 1. The van der Waals surface area contributed by atoms with E-state index < -0.39 is 0 Å². The van der Waals surface area contributed by atoms with Gasteiger partial charge in [0.25, 0.3) is 0 Å². The third-order valence-electron chi connectivity index (χ3n) is 2.53. The van der Waals surface area contributed by atoms with Gasteiger partial charge in [0.2, 0.25) is 0 Å². The number of aryl methyl sites for hydroxylation is 2. The number of methoxy groups -OCH3 is 1. The van der Waals surface area contributed by atoms with E-state index in [0.717, 1.165) is 33.0 Å². The molecular formula is C13H13NO2S. The third-order valence-corrected chi connectivity index (χ3v) is 3.55. The molecule has 0 fully saturated rings. The highest BCUT2D eigenvalue weighted by molar-refractivity contribution is 7.15. The first-order chi connectivity index (χ1) is 8.15. The molecule has 0 saturated carbocycles. The number of nitrogens with zero attached hydrogens (tertiary/aromatic N) is 1. The standard InChI is InChI=1S/C13H13NO2S/c1-8-4-5-12(16-3)10(6-8)13-14-11(7-15)9(2)17-13/h4-7H,1-3H3. The van der Waals surface area contributed by atoms with E-state index in [1.807, 2.05) is 32.0 Å². The van der Waals surface area contributed by atoms with Crippen LogP contribution in [0, 0.1) is 13.8 Å². The normalized spacial score (nSPS) is 10.3. The minimum absolute atomic E-state index is 0.508. The number of thiazole rings is 1. The highest BCUT2D eigenvalue weighted by atomic mass is 32.1. The van der Waals surface area contributed by atoms with E-state index >= 15 is 0 Å². The van der Waals surface area contributed by atoms with Crippen LogP contribution in [0.25, 0.3) is 10.6 Å². The van der Waals surface area contributed by atoms with Gasteiger partial charge in [0.15, 0.2) is 6.29 Å². The van der Waals surface area contributed by atoms with E-state index in [9.17, 15) is 4.79 Å². The summed E-state index contributed by atoms with van der Waals surface area (Å²) in [5.41, 5.74) is 2.59. The fourth-order valence-electron chi connectivity index (χ4n) is 1.62. The minimum Gasteiger partial charge on any atom is -0.496 e. The van der Waals surface area contributed by atoms with Crippen molar-refractivity contribution < 1.29 is 9.53 Å². The molecule has 0 radical (unpaired) electrons. The van der Waals surface area contributed by atoms with Crippen LogP contribution in [0.1, 0.15) is 20.9 Å². The topological polar surface area (TPSA) is 39.2 Å². The lowest BCUT2D eigenvalue weighted by Gasteiger charge is -2.06. The second-order valence-corrected chi connectivity index (χ2v) is 4.99. The molecule has 0 atom stereocenters. The zero-order chi connectivity index (χ0) is 12.4. The Morgan fingerprint density at radius 1 is 1.35 bits per heavy atom. The van der Waals surface area contributed by atoms with Gasteiger partial charge in [-0.25, -0.2) is 4.98 Å². The van der Waals surface area contributed by atoms with Gasteiger partial charge in [0, 0.05) is 4.88 Å². The number of hydrogen-bond acceptors (Lipinski definition) is 4. The Kier molecular flexibility index (Phi) is 3.24. The Balaban J connectivity index is 2.58. The first kappa shape index (κ1) is 11.8. The van der Waals surface area contributed by atoms with Gasteiger partial charge < -0.3 is 4.74 Å². The monoisotopic (exact) mass is 247 g/mol. The molecule has 0 aliphatic heterocycles. The van der Waals surface area contributed by atoms with E-state index in [0.29, 0.717) is 5.69 Å². The lowest BCUT2D eigenvalue weighted by atomic mass is 10.1. The van der Waals surface area contributed by atoms with Gasteiger partial charge in [-0.15, -0.1) is 11.3 Å². The predicted octanol–water partition coefficient (Wildman–Crippen LogP) is 3.25. The van der Waals surface area contributed by atoms with Gasteiger partial charge in [-0.05, 0) is 26.0 Å². The molecule has 2 rings (SSSR count). The molecule has 3 nitrogen and oxygen atoms in total. The average Bonchev–Trinajstić information content (AvgIpc) is 2.70. The second-order valence-electron chi connectivity index (χ2n) is 3.78. The van der Waals surface area contributed by atoms with Crippen LogP contribution in [-0.2, 0) is 0 Å². The Hall–Kier alpha value is -1.68. The third kappa shape index (κ3) is 2.22. The van der Waals surface area contributed by atoms with E-state index in [4.69, 9.17) is 4.74 Å². The van der Waals surface area contributed by atoms with Gasteiger partial charge in [0.1, 0.15) is 16.5 Å². The van der Waals surface area contributed by atoms with Crippen LogP contribution in [0.3, 0.4) is 0 Å². The summed E-state index contributed by atoms with van der Waals surface area (Å²) in [6, 6.07) is 5.93. The zero-order valence-electron chi connectivity index (χ0n) is 9.98. The van der Waals surface area contributed by atoms with E-state index in [1.54, 1.807) is 7.11 Å². The van der Waals surface area contributed by atoms with Crippen molar-refractivity contribution in [3.63, 3.8) is 0 Å². The number of ether oxygens (including phenoxy) is 1. The number of carbonyl (C=O) groups is 1. The molecule has 0 N–H and O–H groups in total. The molecule has 0 aliphatic rings. The zero-order valence-corrected chi connectivity index (χ0v) is 10.8. The van der Waals surface area contributed by atoms with Crippen LogP contribution < -0.4 is 4.74 Å². The maximum atomic E-state index is 10.8. The molecule has 0 spiro atoms. The number of carbonyl (C=O) groups excluding carboxylic acids is 1. The van der Waals surface area contributed by atoms with Crippen molar-refractivity contribution in [3.05, 3.63) is 34.3 Å². The van der Waals surface area contributed by atoms with Crippen molar-refractivity contribution in [1.29, 1.82) is 0 Å². The van der Waals surface area contributed by atoms with Crippen LogP contribution >= 0.6 is 11.3 Å². The summed E-state index contributed by atoms with van der Waals surface area (Å²) in [7, 11) is 1.63. The molecular weight excluding hydrogens is 234 g/mol. The molecule has 0 aliphatic carbocycles. The second kappa shape index (κ2) is 4.67. The van der Waals surface area contributed by atoms with Crippen molar-refractivity contribution in [2.75, 3.05) is 7.11 Å². The Bertz CT molecular complexity index is 561. The number of aldehydes is 1. The van der Waals surface area contributed by atoms with E-state index in [-0.39, 0.29) is 0 Å². The van der Waals surface area contributed by atoms with Crippen molar-refractivity contribution in [2.24, 2.45) is 0 Å². The SMILES string of the molecule is COc1ccc(C)cc1-c1nc(C=O)c(C)s1. The summed E-state index contributed by atoms with van der Waals surface area (Å²) >= 11 is 1.51. The average molecular weight is 247 g/mol. The maximum Gasteiger partial charge on any atom is 0.169 e. The molecule has 0 bridgehead atoms. The smallest absolute Gasteiger partial charge is 0.169 e. The molecule has 0 saturated heterocycles. The molecule has 88 valence electrons. The van der Waals surface area contributed by atoms with E-state index in [1.165, 1.54) is 11.3 Å². The van der Waals surface area contributed by atoms with Crippen LogP contribution in [0.4, 0.5) is 0 Å². The molecule has 1 heterocycles. The van der Waals surface area contributed by atoms with Crippen molar-refractivity contribution in [1.82, 2.24) is 4.98 Å². The summed E-state index contributed by atoms with van der Waals surface area (Å²) < 4.78 is 5.32. The van der Waals surface area contributed by atoms with Gasteiger partial charge in [-0.1, -0.05) is 11.6 Å². The summed E-state index contributed by atoms with van der Waals surface area (Å²) in [6.07, 6.45) is 0.789. The number of rotatable bonds is 3. The Morgan fingerprint density at radius 2 is 2.12 bits per heavy atom. The van der Waals surface area contributed by atoms with E-state index in [2.05, 4.69) is 4.98 Å². The largest absolute Gasteiger partial charge is 0.496 e. The summed E-state index contributed by atoms with van der Waals surface area (Å²) in [5.74, 6) is 0.779. The fraction of sp³-hybridized carbons (Fsp3) is 0.231. The number of benzene rings is 1. The van der Waals surface area contributed by atoms with Gasteiger partial charge >= 0.3 is 0 Å². The van der Waals surface area contributed by atoms with Crippen molar-refractivity contribution >= 4 is 17.6 Å². The molecule has 17 heavy (non-hydrogen) atoms. The van der Waals surface area contributed by atoms with Gasteiger partial charge in [-0.3, -0.25) is 4.79 Å². The van der Waals surface area contributed by atoms with Crippen molar-refractivity contribution in [2.45, 2.75) is 13.8 Å². The van der Waals surface area contributed by atoms with Crippen molar-refractivity contribution in [3.8, 4) is 16.3 Å². The Labute approximate surface area is 104 Å². The van der Waals surface area contributed by atoms with Crippen LogP contribution in [-0.4, -0.2) is 18.4 Å². The predicted molar refractivity (Wildman–Crippen MR) is 69.0 cm³/mol. The lowest BCUT2D eigenvalue weighted by Crippen LogP contribution is -1.89. The fourth-order valence-corrected chi connectivity index (χ4v) is 2.52. The molecule has 0 amide bonds. The molecule has 4 heteroatoms. The summed E-state index contributed by atoms with van der Waals surface area (Å²) in [6.45, 7) is 3.91. The van der Waals surface area contributed by atoms with Crippen LogP contribution in [0.15, 0.2) is 18.2 Å². The molecule has 1 aromatic heterocycles. The minimum atomic E-state index is 0.508. The Morgan fingerprint density at radius 3 is 2.71 bits per heavy atom. The highest BCUT2D eigenvalue weighted by Crippen LogP contribution is 2.34. The van der Waals surface area contributed by atoms with Crippen LogP contribution in [0.5, 0.6) is 5.75 Å². The van der Waals surface area contributed by atoms with Gasteiger partial charge in [-0.2, -0.15) is 0 Å². The summed E-state index contributed by atoms with van der Waals surface area (Å²) in [5, 5.41) is 0.824. The van der Waals surface area contributed by atoms with Crippen LogP contribution in [0.2, 0.25) is 0 Å². The van der Waals surface area contributed by atoms with Gasteiger partial charge in [0.05, 0.1) is 12.7 Å². The maximum absolute atomic E-state index is 10.8. The number of hydrogen-bond donors (Lipinski definition) is 0.